The minimum atomic E-state index is 0.179. The van der Waals surface area contributed by atoms with E-state index in [-0.39, 0.29) is 5.54 Å². The maximum atomic E-state index is 5.61. The predicted molar refractivity (Wildman–Crippen MR) is 90.3 cm³/mol. The number of hydrogen-bond donors (Lipinski definition) is 1. The van der Waals surface area contributed by atoms with Crippen LogP contribution in [0.2, 0.25) is 0 Å². The molecule has 3 rings (SSSR count). The Kier molecular flexibility index (Phi) is 4.61. The molecule has 0 atom stereocenters. The van der Waals surface area contributed by atoms with E-state index in [1.807, 2.05) is 19.1 Å². The Morgan fingerprint density at radius 1 is 1.22 bits per heavy atom. The van der Waals surface area contributed by atoms with Gasteiger partial charge in [-0.1, -0.05) is 19.3 Å². The molecule has 2 heterocycles. The first kappa shape index (κ1) is 15.9. The van der Waals surface area contributed by atoms with Gasteiger partial charge in [0.1, 0.15) is 11.5 Å². The Labute approximate surface area is 137 Å². The summed E-state index contributed by atoms with van der Waals surface area (Å²) in [6.07, 6.45) is 7.94. The first-order chi connectivity index (χ1) is 11.1. The largest absolute Gasteiger partial charge is 0.460 e. The van der Waals surface area contributed by atoms with Gasteiger partial charge < -0.3 is 14.6 Å². The van der Waals surface area contributed by atoms with Crippen molar-refractivity contribution in [3.8, 4) is 11.5 Å². The molecule has 1 aliphatic rings. The fourth-order valence-corrected chi connectivity index (χ4v) is 3.30. The molecule has 0 unspecified atom stereocenters. The number of rotatable bonds is 5. The first-order valence-corrected chi connectivity index (χ1v) is 8.27. The number of anilines is 1. The van der Waals surface area contributed by atoms with Crippen molar-refractivity contribution in [1.29, 1.82) is 0 Å². The molecule has 1 N–H and O–H groups in total. The Balaban J connectivity index is 1.72. The third-order valence-corrected chi connectivity index (χ3v) is 4.86. The summed E-state index contributed by atoms with van der Waals surface area (Å²) in [6.45, 7) is 2.75. The van der Waals surface area contributed by atoms with Crippen molar-refractivity contribution in [2.24, 2.45) is 0 Å². The number of furan rings is 1. The lowest BCUT2D eigenvalue weighted by Crippen LogP contribution is -2.51. The first-order valence-electron chi connectivity index (χ1n) is 8.27. The van der Waals surface area contributed by atoms with Crippen LogP contribution in [-0.4, -0.2) is 46.3 Å². The molecule has 124 valence electrons. The van der Waals surface area contributed by atoms with Gasteiger partial charge in [-0.2, -0.15) is 5.10 Å². The normalized spacial score (nSPS) is 17.4. The summed E-state index contributed by atoms with van der Waals surface area (Å²) in [4.78, 5) is 6.87. The summed E-state index contributed by atoms with van der Waals surface area (Å²) in [7, 11) is 4.32. The molecule has 0 amide bonds. The van der Waals surface area contributed by atoms with Gasteiger partial charge in [0.05, 0.1) is 6.20 Å². The maximum Gasteiger partial charge on any atom is 0.243 e. The van der Waals surface area contributed by atoms with Crippen LogP contribution in [-0.2, 0) is 0 Å². The lowest BCUT2D eigenvalue weighted by atomic mass is 9.80. The number of aromatic nitrogens is 3. The van der Waals surface area contributed by atoms with E-state index < -0.39 is 0 Å². The van der Waals surface area contributed by atoms with Gasteiger partial charge >= 0.3 is 0 Å². The molecule has 0 aromatic carbocycles. The zero-order valence-corrected chi connectivity index (χ0v) is 14.2. The summed E-state index contributed by atoms with van der Waals surface area (Å²) in [5, 5.41) is 11.6. The van der Waals surface area contributed by atoms with Gasteiger partial charge in [0.2, 0.25) is 5.95 Å². The van der Waals surface area contributed by atoms with Crippen molar-refractivity contribution in [1.82, 2.24) is 20.1 Å². The molecule has 0 aliphatic heterocycles. The second kappa shape index (κ2) is 6.66. The third kappa shape index (κ3) is 3.52. The number of nitrogens with zero attached hydrogens (tertiary/aromatic N) is 4. The Morgan fingerprint density at radius 2 is 2.00 bits per heavy atom. The van der Waals surface area contributed by atoms with E-state index in [4.69, 9.17) is 4.42 Å². The maximum absolute atomic E-state index is 5.61. The van der Waals surface area contributed by atoms with Crippen molar-refractivity contribution in [2.75, 3.05) is 26.0 Å². The van der Waals surface area contributed by atoms with Crippen LogP contribution in [0, 0.1) is 6.92 Å². The molecule has 1 fully saturated rings. The summed E-state index contributed by atoms with van der Waals surface area (Å²) in [6, 6.07) is 3.83. The fourth-order valence-electron chi connectivity index (χ4n) is 3.30. The Morgan fingerprint density at radius 3 is 2.65 bits per heavy atom. The van der Waals surface area contributed by atoms with Crippen LogP contribution in [0.15, 0.2) is 22.7 Å². The lowest BCUT2D eigenvalue weighted by molar-refractivity contribution is 0.113. The Bertz CT molecular complexity index is 646. The summed E-state index contributed by atoms with van der Waals surface area (Å²) in [5.41, 5.74) is 0.886. The van der Waals surface area contributed by atoms with Crippen LogP contribution in [0.1, 0.15) is 37.9 Å². The second-order valence-electron chi connectivity index (χ2n) is 6.61. The highest BCUT2D eigenvalue weighted by Gasteiger charge is 2.34. The van der Waals surface area contributed by atoms with Crippen LogP contribution in [0.4, 0.5) is 5.95 Å². The van der Waals surface area contributed by atoms with Crippen LogP contribution in [0.3, 0.4) is 0 Å². The molecule has 0 bridgehead atoms. The highest BCUT2D eigenvalue weighted by atomic mass is 16.3. The number of nitrogens with one attached hydrogen (secondary N) is 1. The molecule has 2 aromatic rings. The topological polar surface area (TPSA) is 67.1 Å². The number of aryl methyl sites for hydroxylation is 1. The van der Waals surface area contributed by atoms with Crippen LogP contribution in [0.25, 0.3) is 11.5 Å². The van der Waals surface area contributed by atoms with Gasteiger partial charge in [-0.05, 0) is 46.0 Å². The zero-order chi connectivity index (χ0) is 16.3. The average molecular weight is 315 g/mol. The van der Waals surface area contributed by atoms with E-state index in [0.29, 0.717) is 11.6 Å². The quantitative estimate of drug-likeness (QED) is 0.914. The minimum Gasteiger partial charge on any atom is -0.460 e. The summed E-state index contributed by atoms with van der Waals surface area (Å²) >= 11 is 0. The molecule has 1 aliphatic carbocycles. The fraction of sp³-hybridized carbons (Fsp3) is 0.588. The molecule has 6 heteroatoms. The molecular formula is C17H25N5O. The van der Waals surface area contributed by atoms with E-state index >= 15 is 0 Å². The predicted octanol–water partition coefficient (Wildman–Crippen LogP) is 3.12. The van der Waals surface area contributed by atoms with Gasteiger partial charge in [0.15, 0.2) is 5.76 Å². The van der Waals surface area contributed by atoms with Gasteiger partial charge in [-0.3, -0.25) is 0 Å². The smallest absolute Gasteiger partial charge is 0.243 e. The van der Waals surface area contributed by atoms with Crippen molar-refractivity contribution < 1.29 is 4.42 Å². The molecule has 0 spiro atoms. The highest BCUT2D eigenvalue weighted by molar-refractivity contribution is 5.52. The highest BCUT2D eigenvalue weighted by Crippen LogP contribution is 2.32. The monoisotopic (exact) mass is 315 g/mol. The third-order valence-electron chi connectivity index (χ3n) is 4.86. The van der Waals surface area contributed by atoms with E-state index in [1.54, 1.807) is 6.20 Å². The van der Waals surface area contributed by atoms with Crippen LogP contribution < -0.4 is 5.32 Å². The molecule has 2 aromatic heterocycles. The van der Waals surface area contributed by atoms with E-state index in [0.717, 1.165) is 18.1 Å². The number of hydrogen-bond acceptors (Lipinski definition) is 6. The lowest BCUT2D eigenvalue weighted by Gasteiger charge is -2.43. The molecule has 1 saturated carbocycles. The number of likely N-dealkylation sites (N-methyl/N-ethyl adjacent to an activating group) is 1. The zero-order valence-electron chi connectivity index (χ0n) is 14.2. The van der Waals surface area contributed by atoms with Gasteiger partial charge in [-0.15, -0.1) is 5.10 Å². The van der Waals surface area contributed by atoms with E-state index in [2.05, 4.69) is 39.5 Å². The molecule has 6 nitrogen and oxygen atoms in total. The van der Waals surface area contributed by atoms with E-state index in [9.17, 15) is 0 Å². The van der Waals surface area contributed by atoms with Crippen LogP contribution in [0.5, 0.6) is 0 Å². The summed E-state index contributed by atoms with van der Waals surface area (Å²) < 4.78 is 5.61. The second-order valence-corrected chi connectivity index (χ2v) is 6.61. The molecule has 0 radical (unpaired) electrons. The van der Waals surface area contributed by atoms with Crippen LogP contribution >= 0.6 is 0 Å². The van der Waals surface area contributed by atoms with Gasteiger partial charge in [-0.25, -0.2) is 4.98 Å². The molecular weight excluding hydrogens is 290 g/mol. The van der Waals surface area contributed by atoms with Gasteiger partial charge in [0, 0.05) is 12.1 Å². The van der Waals surface area contributed by atoms with Crippen molar-refractivity contribution in [3.63, 3.8) is 0 Å². The van der Waals surface area contributed by atoms with Crippen molar-refractivity contribution in [3.05, 3.63) is 24.1 Å². The standard InChI is InChI=1S/C17H25N5O/c1-13-7-8-15(23-13)14-11-19-21-16(20-14)18-12-17(22(2)3)9-5-4-6-10-17/h7-8,11H,4-6,9-10,12H2,1-3H3,(H,18,20,21). The molecule has 23 heavy (non-hydrogen) atoms. The minimum absolute atomic E-state index is 0.179. The molecule has 0 saturated heterocycles. The average Bonchev–Trinajstić information content (AvgIpc) is 3.00. The summed E-state index contributed by atoms with van der Waals surface area (Å²) in [5.74, 6) is 2.14. The Hall–Kier alpha value is -1.95. The van der Waals surface area contributed by atoms with Crippen molar-refractivity contribution in [2.45, 2.75) is 44.6 Å². The SMILES string of the molecule is Cc1ccc(-c2cnnc(NCC3(N(C)C)CCCCC3)n2)o1. The van der Waals surface area contributed by atoms with E-state index in [1.165, 1.54) is 32.1 Å². The van der Waals surface area contributed by atoms with Crippen molar-refractivity contribution >= 4 is 5.95 Å². The van der Waals surface area contributed by atoms with Gasteiger partial charge in [0.25, 0.3) is 0 Å².